The number of benzene rings is 1. The Morgan fingerprint density at radius 2 is 2.00 bits per heavy atom. The number of carbonyl (C=O) groups is 1. The lowest BCUT2D eigenvalue weighted by Crippen LogP contribution is -2.37. The summed E-state index contributed by atoms with van der Waals surface area (Å²) >= 11 is 0. The first-order chi connectivity index (χ1) is 13.1. The van der Waals surface area contributed by atoms with Crippen LogP contribution in [-0.4, -0.2) is 56.3 Å². The number of para-hydroxylation sites is 1. The van der Waals surface area contributed by atoms with Gasteiger partial charge in [-0.15, -0.1) is 0 Å². The van der Waals surface area contributed by atoms with E-state index in [0.717, 1.165) is 18.5 Å². The number of furan rings is 1. The lowest BCUT2D eigenvalue weighted by molar-refractivity contribution is 0.0998. The van der Waals surface area contributed by atoms with Crippen molar-refractivity contribution in [1.82, 2.24) is 9.97 Å². The monoisotopic (exact) mass is 367 g/mol. The summed E-state index contributed by atoms with van der Waals surface area (Å²) in [6.45, 7) is 2.81. The fourth-order valence-corrected chi connectivity index (χ4v) is 2.99. The molecule has 1 saturated heterocycles. The molecule has 1 aliphatic heterocycles. The van der Waals surface area contributed by atoms with Gasteiger partial charge < -0.3 is 24.3 Å². The average Bonchev–Trinajstić information content (AvgIpc) is 3.13. The summed E-state index contributed by atoms with van der Waals surface area (Å²) in [6, 6.07) is 9.24. The molecule has 140 valence electrons. The Balaban J connectivity index is 1.59. The van der Waals surface area contributed by atoms with E-state index in [2.05, 4.69) is 20.2 Å². The van der Waals surface area contributed by atoms with E-state index < -0.39 is 0 Å². The van der Waals surface area contributed by atoms with E-state index in [9.17, 15) is 4.79 Å². The van der Waals surface area contributed by atoms with E-state index in [4.69, 9.17) is 9.15 Å². The summed E-state index contributed by atoms with van der Waals surface area (Å²) in [5, 5.41) is 3.74. The maximum Gasteiger partial charge on any atom is 0.291 e. The van der Waals surface area contributed by atoms with Gasteiger partial charge in [0.15, 0.2) is 11.6 Å². The summed E-state index contributed by atoms with van der Waals surface area (Å²) in [5.74, 6) is 1.18. The van der Waals surface area contributed by atoms with Crippen LogP contribution in [-0.2, 0) is 4.74 Å². The molecular formula is C19H21N5O3. The van der Waals surface area contributed by atoms with Crippen LogP contribution in [0.1, 0.15) is 10.6 Å². The number of nitrogens with zero attached hydrogens (tertiary/aromatic N) is 4. The van der Waals surface area contributed by atoms with Crippen LogP contribution in [0.5, 0.6) is 0 Å². The zero-order chi connectivity index (χ0) is 18.8. The normalized spacial score (nSPS) is 14.4. The average molecular weight is 367 g/mol. The van der Waals surface area contributed by atoms with Crippen molar-refractivity contribution in [2.45, 2.75) is 0 Å². The second kappa shape index (κ2) is 7.24. The number of ether oxygens (including phenoxy) is 1. The molecule has 1 aliphatic rings. The van der Waals surface area contributed by atoms with E-state index in [1.165, 1.54) is 0 Å². The number of fused-ring (bicyclic) bond motifs is 1. The van der Waals surface area contributed by atoms with Crippen molar-refractivity contribution < 1.29 is 13.9 Å². The summed E-state index contributed by atoms with van der Waals surface area (Å²) < 4.78 is 11.0. The van der Waals surface area contributed by atoms with Crippen LogP contribution in [0.25, 0.3) is 11.0 Å². The van der Waals surface area contributed by atoms with Crippen molar-refractivity contribution in [3.05, 3.63) is 42.3 Å². The van der Waals surface area contributed by atoms with Crippen molar-refractivity contribution in [1.29, 1.82) is 0 Å². The van der Waals surface area contributed by atoms with E-state index in [1.807, 2.05) is 43.3 Å². The van der Waals surface area contributed by atoms with Gasteiger partial charge in [-0.2, -0.15) is 4.98 Å². The van der Waals surface area contributed by atoms with Crippen molar-refractivity contribution >= 4 is 34.3 Å². The summed E-state index contributed by atoms with van der Waals surface area (Å²) in [6.07, 6.45) is 1.63. The van der Waals surface area contributed by atoms with Gasteiger partial charge in [0, 0.05) is 32.6 Å². The van der Waals surface area contributed by atoms with E-state index >= 15 is 0 Å². The molecule has 8 nitrogen and oxygen atoms in total. The van der Waals surface area contributed by atoms with E-state index in [-0.39, 0.29) is 11.7 Å². The highest BCUT2D eigenvalue weighted by Gasteiger charge is 2.19. The van der Waals surface area contributed by atoms with Crippen LogP contribution in [0.4, 0.5) is 17.5 Å². The fourth-order valence-electron chi connectivity index (χ4n) is 2.99. The third-order valence-corrected chi connectivity index (χ3v) is 4.37. The van der Waals surface area contributed by atoms with Gasteiger partial charge in [-0.25, -0.2) is 4.98 Å². The van der Waals surface area contributed by atoms with Gasteiger partial charge in [0.25, 0.3) is 5.91 Å². The van der Waals surface area contributed by atoms with Gasteiger partial charge in [-0.1, -0.05) is 18.2 Å². The van der Waals surface area contributed by atoms with Gasteiger partial charge in [0.1, 0.15) is 11.3 Å². The lowest BCUT2D eigenvalue weighted by atomic mass is 10.2. The first kappa shape index (κ1) is 17.3. The number of hydrogen-bond donors (Lipinski definition) is 1. The Labute approximate surface area is 156 Å². The second-order valence-corrected chi connectivity index (χ2v) is 6.50. The van der Waals surface area contributed by atoms with Crippen LogP contribution in [0.15, 0.2) is 40.9 Å². The quantitative estimate of drug-likeness (QED) is 0.758. The zero-order valence-electron chi connectivity index (χ0n) is 15.3. The molecule has 0 unspecified atom stereocenters. The Bertz CT molecular complexity index is 930. The standard InChI is InChI=1S/C19H21N5O3/c1-23(2)17-14(12-20-19(22-17)24-7-9-26-10-8-24)21-18(25)16-11-13-5-3-4-6-15(13)27-16/h3-6,11-12H,7-10H2,1-2H3,(H,21,25). The van der Waals surface area contributed by atoms with E-state index in [0.29, 0.717) is 36.3 Å². The zero-order valence-corrected chi connectivity index (χ0v) is 15.3. The molecule has 1 aromatic carbocycles. The molecule has 0 bridgehead atoms. The molecule has 1 fully saturated rings. The van der Waals surface area contributed by atoms with Gasteiger partial charge >= 0.3 is 0 Å². The summed E-state index contributed by atoms with van der Waals surface area (Å²) in [5.41, 5.74) is 1.21. The molecule has 0 saturated carbocycles. The predicted molar refractivity (Wildman–Crippen MR) is 104 cm³/mol. The van der Waals surface area contributed by atoms with Gasteiger partial charge in [0.2, 0.25) is 5.95 Å². The number of rotatable bonds is 4. The molecule has 1 N–H and O–H groups in total. The highest BCUT2D eigenvalue weighted by Crippen LogP contribution is 2.26. The Hall–Kier alpha value is -3.13. The SMILES string of the molecule is CN(C)c1nc(N2CCOCC2)ncc1NC(=O)c1cc2ccccc2o1. The van der Waals surface area contributed by atoms with Crippen LogP contribution in [0, 0.1) is 0 Å². The minimum Gasteiger partial charge on any atom is -0.451 e. The predicted octanol–water partition coefficient (Wildman–Crippen LogP) is 2.38. The molecule has 0 aliphatic carbocycles. The molecule has 3 heterocycles. The maximum atomic E-state index is 12.6. The first-order valence-electron chi connectivity index (χ1n) is 8.79. The largest absolute Gasteiger partial charge is 0.451 e. The first-order valence-corrected chi connectivity index (χ1v) is 8.79. The number of amides is 1. The van der Waals surface area contributed by atoms with E-state index in [1.54, 1.807) is 12.3 Å². The summed E-state index contributed by atoms with van der Waals surface area (Å²) in [4.78, 5) is 25.6. The molecule has 2 aromatic heterocycles. The molecule has 0 spiro atoms. The molecule has 0 atom stereocenters. The topological polar surface area (TPSA) is 83.7 Å². The number of carbonyl (C=O) groups excluding carboxylic acids is 1. The summed E-state index contributed by atoms with van der Waals surface area (Å²) in [7, 11) is 3.75. The van der Waals surface area contributed by atoms with Crippen molar-refractivity contribution in [3.63, 3.8) is 0 Å². The Morgan fingerprint density at radius 3 is 2.74 bits per heavy atom. The van der Waals surface area contributed by atoms with Gasteiger partial charge in [0.05, 0.1) is 19.4 Å². The smallest absolute Gasteiger partial charge is 0.291 e. The van der Waals surface area contributed by atoms with Crippen LogP contribution in [0.2, 0.25) is 0 Å². The minimum absolute atomic E-state index is 0.248. The van der Waals surface area contributed by atoms with Crippen LogP contribution >= 0.6 is 0 Å². The maximum absolute atomic E-state index is 12.6. The minimum atomic E-state index is -0.336. The lowest BCUT2D eigenvalue weighted by Gasteiger charge is -2.28. The van der Waals surface area contributed by atoms with Gasteiger partial charge in [-0.3, -0.25) is 4.79 Å². The number of nitrogens with one attached hydrogen (secondary N) is 1. The molecule has 3 aromatic rings. The van der Waals surface area contributed by atoms with Crippen LogP contribution in [0.3, 0.4) is 0 Å². The van der Waals surface area contributed by atoms with Crippen molar-refractivity contribution in [2.75, 3.05) is 55.5 Å². The third kappa shape index (κ3) is 3.56. The molecule has 1 amide bonds. The molecule has 8 heteroatoms. The van der Waals surface area contributed by atoms with Crippen molar-refractivity contribution in [3.8, 4) is 0 Å². The second-order valence-electron chi connectivity index (χ2n) is 6.50. The van der Waals surface area contributed by atoms with Crippen molar-refractivity contribution in [2.24, 2.45) is 0 Å². The molecule has 0 radical (unpaired) electrons. The Kier molecular flexibility index (Phi) is 4.64. The number of morpholine rings is 1. The van der Waals surface area contributed by atoms with Crippen LogP contribution < -0.4 is 15.1 Å². The van der Waals surface area contributed by atoms with Gasteiger partial charge in [-0.05, 0) is 12.1 Å². The number of anilines is 3. The third-order valence-electron chi connectivity index (χ3n) is 4.37. The molecule has 4 rings (SSSR count). The molecule has 27 heavy (non-hydrogen) atoms. The number of aromatic nitrogens is 2. The highest BCUT2D eigenvalue weighted by atomic mass is 16.5. The number of hydrogen-bond acceptors (Lipinski definition) is 7. The Morgan fingerprint density at radius 1 is 1.22 bits per heavy atom. The highest BCUT2D eigenvalue weighted by molar-refractivity contribution is 6.05. The fraction of sp³-hybridized carbons (Fsp3) is 0.316. The molecular weight excluding hydrogens is 346 g/mol.